The first-order chi connectivity index (χ1) is 7.57. The minimum absolute atomic E-state index is 0.244. The smallest absolute Gasteiger partial charge is 0.0547 e. The minimum Gasteiger partial charge on any atom is -0.384 e. The highest BCUT2D eigenvalue weighted by Gasteiger charge is 2.15. The summed E-state index contributed by atoms with van der Waals surface area (Å²) in [4.78, 5) is 4.20. The Balaban J connectivity index is 2.57. The summed E-state index contributed by atoms with van der Waals surface area (Å²) in [7, 11) is 0. The summed E-state index contributed by atoms with van der Waals surface area (Å²) in [5.74, 6) is 0. The first kappa shape index (κ1) is 13.2. The molecule has 0 spiro atoms. The van der Waals surface area contributed by atoms with Crippen LogP contribution in [-0.2, 0) is 0 Å². The molecule has 0 bridgehead atoms. The molecule has 2 N–H and O–H groups in total. The van der Waals surface area contributed by atoms with Gasteiger partial charge in [-0.2, -0.15) is 11.8 Å². The molecular weight excluding hydrogens is 218 g/mol. The second-order valence-electron chi connectivity index (χ2n) is 4.31. The number of thioether (sulfide) groups is 1. The molecule has 1 heterocycles. The number of nitrogens with zero attached hydrogens (tertiary/aromatic N) is 1. The number of hydrogen-bond donors (Lipinski definition) is 2. The highest BCUT2D eigenvalue weighted by atomic mass is 32.2. The molecule has 0 aliphatic carbocycles. The van der Waals surface area contributed by atoms with Crippen molar-refractivity contribution in [3.8, 4) is 0 Å². The van der Waals surface area contributed by atoms with E-state index < -0.39 is 0 Å². The van der Waals surface area contributed by atoms with Crippen LogP contribution in [0.3, 0.4) is 0 Å². The van der Waals surface area contributed by atoms with Crippen molar-refractivity contribution >= 4 is 23.1 Å². The van der Waals surface area contributed by atoms with E-state index in [1.54, 1.807) is 0 Å². The Morgan fingerprint density at radius 2 is 1.88 bits per heavy atom. The molecule has 1 aromatic rings. The van der Waals surface area contributed by atoms with E-state index in [1.165, 1.54) is 0 Å². The van der Waals surface area contributed by atoms with Crippen molar-refractivity contribution in [2.75, 3.05) is 30.0 Å². The largest absolute Gasteiger partial charge is 0.384 e. The number of pyridine rings is 1. The van der Waals surface area contributed by atoms with Gasteiger partial charge >= 0.3 is 0 Å². The lowest BCUT2D eigenvalue weighted by Gasteiger charge is -2.23. The fourth-order valence-corrected chi connectivity index (χ4v) is 1.44. The molecule has 0 saturated carbocycles. The van der Waals surface area contributed by atoms with Gasteiger partial charge in [-0.25, -0.2) is 0 Å². The highest BCUT2D eigenvalue weighted by molar-refractivity contribution is 7.99. The van der Waals surface area contributed by atoms with Gasteiger partial charge in [0.25, 0.3) is 0 Å². The third-order valence-electron chi connectivity index (χ3n) is 2.39. The summed E-state index contributed by atoms with van der Waals surface area (Å²) in [6, 6.07) is 2.09. The van der Waals surface area contributed by atoms with Crippen molar-refractivity contribution in [2.45, 2.75) is 25.5 Å². The van der Waals surface area contributed by atoms with Crippen LogP contribution in [0.15, 0.2) is 18.5 Å². The molecule has 4 heteroatoms. The van der Waals surface area contributed by atoms with E-state index in [2.05, 4.69) is 48.7 Å². The molecule has 0 fully saturated rings. The van der Waals surface area contributed by atoms with E-state index >= 15 is 0 Å². The summed E-state index contributed by atoms with van der Waals surface area (Å²) in [6.07, 6.45) is 5.83. The zero-order valence-corrected chi connectivity index (χ0v) is 11.3. The molecule has 16 heavy (non-hydrogen) atoms. The van der Waals surface area contributed by atoms with Gasteiger partial charge in [-0.15, -0.1) is 0 Å². The van der Waals surface area contributed by atoms with Crippen LogP contribution in [0.2, 0.25) is 0 Å². The predicted molar refractivity (Wildman–Crippen MR) is 74.5 cm³/mol. The number of hydrogen-bond acceptors (Lipinski definition) is 4. The second kappa shape index (κ2) is 5.99. The minimum atomic E-state index is 0.244. The van der Waals surface area contributed by atoms with Gasteiger partial charge in [0.2, 0.25) is 0 Å². The van der Waals surface area contributed by atoms with E-state index in [-0.39, 0.29) is 4.75 Å². The molecule has 1 aromatic heterocycles. The molecule has 0 aliphatic rings. The summed E-state index contributed by atoms with van der Waals surface area (Å²) >= 11 is 1.86. The van der Waals surface area contributed by atoms with Crippen molar-refractivity contribution in [3.05, 3.63) is 18.5 Å². The summed E-state index contributed by atoms with van der Waals surface area (Å²) in [5, 5.41) is 6.66. The van der Waals surface area contributed by atoms with Gasteiger partial charge in [0.05, 0.1) is 23.8 Å². The lowest BCUT2D eigenvalue weighted by Crippen LogP contribution is -2.25. The Hall–Kier alpha value is -0.900. The van der Waals surface area contributed by atoms with Gasteiger partial charge in [0.1, 0.15) is 0 Å². The average Bonchev–Trinajstić information content (AvgIpc) is 2.28. The molecule has 0 saturated heterocycles. The summed E-state index contributed by atoms with van der Waals surface area (Å²) in [5.41, 5.74) is 2.13. The number of anilines is 2. The molecule has 90 valence electrons. The van der Waals surface area contributed by atoms with Crippen LogP contribution in [0.5, 0.6) is 0 Å². The van der Waals surface area contributed by atoms with Crippen LogP contribution in [-0.4, -0.2) is 29.1 Å². The molecule has 0 unspecified atom stereocenters. The van der Waals surface area contributed by atoms with Crippen molar-refractivity contribution in [2.24, 2.45) is 0 Å². The molecule has 0 radical (unpaired) electrons. The molecule has 0 amide bonds. The molecule has 0 aromatic carbocycles. The Bertz CT molecular complexity index is 326. The standard InChI is InChI=1S/C12H21N3S/c1-5-14-10-6-11(8-13-7-10)15-9-12(2,3)16-4/h6-8,14-15H,5,9H2,1-4H3. The predicted octanol–water partition coefficient (Wildman–Crippen LogP) is 3.07. The van der Waals surface area contributed by atoms with Crippen LogP contribution in [0, 0.1) is 0 Å². The maximum Gasteiger partial charge on any atom is 0.0547 e. The van der Waals surface area contributed by atoms with Crippen molar-refractivity contribution < 1.29 is 0 Å². The molecular formula is C12H21N3S. The molecule has 0 atom stereocenters. The maximum atomic E-state index is 4.20. The SMILES string of the molecule is CCNc1cncc(NCC(C)(C)SC)c1. The Labute approximate surface area is 102 Å². The van der Waals surface area contributed by atoms with E-state index in [9.17, 15) is 0 Å². The quantitative estimate of drug-likeness (QED) is 0.800. The van der Waals surface area contributed by atoms with Gasteiger partial charge in [-0.3, -0.25) is 4.98 Å². The third-order valence-corrected chi connectivity index (χ3v) is 3.64. The number of aromatic nitrogens is 1. The Morgan fingerprint density at radius 3 is 2.44 bits per heavy atom. The van der Waals surface area contributed by atoms with Crippen molar-refractivity contribution in [1.82, 2.24) is 4.98 Å². The fourth-order valence-electron chi connectivity index (χ4n) is 1.22. The highest BCUT2D eigenvalue weighted by Crippen LogP contribution is 2.22. The second-order valence-corrected chi connectivity index (χ2v) is 5.82. The third kappa shape index (κ3) is 4.31. The van der Waals surface area contributed by atoms with Crippen molar-refractivity contribution in [1.29, 1.82) is 0 Å². The van der Waals surface area contributed by atoms with E-state index in [1.807, 2.05) is 24.2 Å². The van der Waals surface area contributed by atoms with Crippen LogP contribution in [0.25, 0.3) is 0 Å². The van der Waals surface area contributed by atoms with Gasteiger partial charge in [0, 0.05) is 17.8 Å². The average molecular weight is 239 g/mol. The maximum absolute atomic E-state index is 4.20. The van der Waals surface area contributed by atoms with Crippen LogP contribution in [0.4, 0.5) is 11.4 Å². The van der Waals surface area contributed by atoms with Crippen molar-refractivity contribution in [3.63, 3.8) is 0 Å². The molecule has 3 nitrogen and oxygen atoms in total. The lowest BCUT2D eigenvalue weighted by atomic mass is 10.2. The van der Waals surface area contributed by atoms with E-state index in [0.717, 1.165) is 24.5 Å². The number of rotatable bonds is 6. The van der Waals surface area contributed by atoms with E-state index in [4.69, 9.17) is 0 Å². The number of nitrogens with one attached hydrogen (secondary N) is 2. The Kier molecular flexibility index (Phi) is 4.93. The van der Waals surface area contributed by atoms with Gasteiger partial charge in [-0.1, -0.05) is 0 Å². The molecule has 1 rings (SSSR count). The van der Waals surface area contributed by atoms with Gasteiger partial charge < -0.3 is 10.6 Å². The Morgan fingerprint density at radius 1 is 1.25 bits per heavy atom. The first-order valence-electron chi connectivity index (χ1n) is 5.55. The lowest BCUT2D eigenvalue weighted by molar-refractivity contribution is 0.752. The zero-order valence-electron chi connectivity index (χ0n) is 10.5. The normalized spacial score (nSPS) is 11.2. The van der Waals surface area contributed by atoms with Crippen LogP contribution < -0.4 is 10.6 Å². The summed E-state index contributed by atoms with van der Waals surface area (Å²) in [6.45, 7) is 8.39. The van der Waals surface area contributed by atoms with Gasteiger partial charge in [-0.05, 0) is 33.1 Å². The summed E-state index contributed by atoms with van der Waals surface area (Å²) < 4.78 is 0.244. The van der Waals surface area contributed by atoms with Gasteiger partial charge in [0.15, 0.2) is 0 Å². The van der Waals surface area contributed by atoms with Crippen LogP contribution in [0.1, 0.15) is 20.8 Å². The molecule has 0 aliphatic heterocycles. The monoisotopic (exact) mass is 239 g/mol. The van der Waals surface area contributed by atoms with E-state index in [0.29, 0.717) is 0 Å². The topological polar surface area (TPSA) is 37.0 Å². The first-order valence-corrected chi connectivity index (χ1v) is 6.78. The zero-order chi connectivity index (χ0) is 12.0. The van der Waals surface area contributed by atoms with Crippen LogP contribution >= 0.6 is 11.8 Å². The fraction of sp³-hybridized carbons (Fsp3) is 0.583.